The fourth-order valence-corrected chi connectivity index (χ4v) is 4.36. The van der Waals surface area contributed by atoms with E-state index in [-0.39, 0.29) is 18.5 Å². The number of aryl methyl sites for hydroxylation is 1. The Hall–Kier alpha value is -3.39. The maximum absolute atomic E-state index is 13.0. The summed E-state index contributed by atoms with van der Waals surface area (Å²) in [5, 5.41) is 2.64. The molecule has 160 valence electrons. The zero-order chi connectivity index (χ0) is 22.1. The third-order valence-electron chi connectivity index (χ3n) is 5.26. The molecule has 3 amide bonds. The van der Waals surface area contributed by atoms with E-state index in [1.165, 1.54) is 21.1 Å². The van der Waals surface area contributed by atoms with Gasteiger partial charge >= 0.3 is 6.03 Å². The average Bonchev–Trinajstić information content (AvgIpc) is 3.33. The number of urea groups is 1. The van der Waals surface area contributed by atoms with Crippen molar-refractivity contribution in [3.8, 4) is 22.1 Å². The molecular weight excluding hydrogens is 414 g/mol. The van der Waals surface area contributed by atoms with Crippen LogP contribution in [0.15, 0.2) is 47.8 Å². The Bertz CT molecular complexity index is 1130. The first-order chi connectivity index (χ1) is 14.9. The number of anilines is 1. The monoisotopic (exact) mass is 437 g/mol. The molecule has 0 radical (unpaired) electrons. The van der Waals surface area contributed by atoms with Crippen LogP contribution in [0.25, 0.3) is 10.6 Å². The number of carbonyl (C=O) groups is 2. The Morgan fingerprint density at radius 2 is 1.74 bits per heavy atom. The van der Waals surface area contributed by atoms with Gasteiger partial charge in [-0.2, -0.15) is 0 Å². The third-order valence-corrected chi connectivity index (χ3v) is 6.20. The van der Waals surface area contributed by atoms with Crippen LogP contribution in [0.5, 0.6) is 11.5 Å². The van der Waals surface area contributed by atoms with Crippen LogP contribution >= 0.6 is 11.3 Å². The number of ether oxygens (including phenoxy) is 2. The summed E-state index contributed by atoms with van der Waals surface area (Å²) >= 11 is 1.45. The molecule has 1 atom stereocenters. The van der Waals surface area contributed by atoms with E-state index in [2.05, 4.69) is 4.98 Å². The quantitative estimate of drug-likeness (QED) is 0.531. The lowest BCUT2D eigenvalue weighted by atomic mass is 10.2. The van der Waals surface area contributed by atoms with Crippen LogP contribution in [0.3, 0.4) is 0 Å². The Kier molecular flexibility index (Phi) is 5.65. The molecule has 2 aromatic carbocycles. The standard InChI is InChI=1S/C23H23N3O4S/c1-14-5-8-18(9-6-14)26-15(2)22(27)25(23(26)28)12-17-13-31-21(24-17)16-7-10-19(29-3)20(11-16)30-4/h5-11,13,15H,12H2,1-4H3. The Balaban J connectivity index is 1.55. The highest BCUT2D eigenvalue weighted by Gasteiger charge is 2.43. The predicted octanol–water partition coefficient (Wildman–Crippen LogP) is 4.49. The number of hydrogen-bond donors (Lipinski definition) is 0. The molecular formula is C23H23N3O4S. The average molecular weight is 438 g/mol. The van der Waals surface area contributed by atoms with E-state index in [4.69, 9.17) is 9.47 Å². The molecule has 0 saturated carbocycles. The van der Waals surface area contributed by atoms with Gasteiger partial charge in [0.2, 0.25) is 0 Å². The maximum Gasteiger partial charge on any atom is 0.332 e. The molecule has 2 heterocycles. The van der Waals surface area contributed by atoms with Gasteiger partial charge < -0.3 is 9.47 Å². The summed E-state index contributed by atoms with van der Waals surface area (Å²) in [6, 6.07) is 12.3. The highest BCUT2D eigenvalue weighted by atomic mass is 32.1. The van der Waals surface area contributed by atoms with Crippen molar-refractivity contribution in [1.29, 1.82) is 0 Å². The summed E-state index contributed by atoms with van der Waals surface area (Å²) < 4.78 is 10.6. The Labute approximate surface area is 184 Å². The molecule has 1 aromatic heterocycles. The molecule has 8 heteroatoms. The molecule has 3 aromatic rings. The number of benzene rings is 2. The minimum Gasteiger partial charge on any atom is -0.493 e. The number of hydrogen-bond acceptors (Lipinski definition) is 6. The molecule has 0 spiro atoms. The van der Waals surface area contributed by atoms with Crippen LogP contribution < -0.4 is 14.4 Å². The summed E-state index contributed by atoms with van der Waals surface area (Å²) in [6.07, 6.45) is 0. The number of imide groups is 1. The van der Waals surface area contributed by atoms with Crippen LogP contribution in [0.2, 0.25) is 0 Å². The van der Waals surface area contributed by atoms with Gasteiger partial charge in [0.05, 0.1) is 26.5 Å². The lowest BCUT2D eigenvalue weighted by Gasteiger charge is -2.19. The van der Waals surface area contributed by atoms with Crippen molar-refractivity contribution in [1.82, 2.24) is 9.88 Å². The summed E-state index contributed by atoms with van der Waals surface area (Å²) in [5.74, 6) is 1.02. The van der Waals surface area contributed by atoms with Crippen LogP contribution in [0, 0.1) is 6.92 Å². The number of carbonyl (C=O) groups excluding carboxylic acids is 2. The Morgan fingerprint density at radius 1 is 1.03 bits per heavy atom. The second-order valence-electron chi connectivity index (χ2n) is 7.30. The van der Waals surface area contributed by atoms with Crippen molar-refractivity contribution in [3.05, 3.63) is 59.1 Å². The van der Waals surface area contributed by atoms with E-state index in [0.29, 0.717) is 22.9 Å². The first-order valence-electron chi connectivity index (χ1n) is 9.81. The fourth-order valence-electron chi connectivity index (χ4n) is 3.55. The summed E-state index contributed by atoms with van der Waals surface area (Å²) in [7, 11) is 3.17. The number of thiazole rings is 1. The minimum absolute atomic E-state index is 0.133. The zero-order valence-corrected chi connectivity index (χ0v) is 18.6. The molecule has 0 aliphatic carbocycles. The van der Waals surface area contributed by atoms with Gasteiger partial charge in [0, 0.05) is 16.6 Å². The maximum atomic E-state index is 13.0. The second kappa shape index (κ2) is 8.39. The highest BCUT2D eigenvalue weighted by Crippen LogP contribution is 2.34. The predicted molar refractivity (Wildman–Crippen MR) is 120 cm³/mol. The first-order valence-corrected chi connectivity index (χ1v) is 10.7. The van der Waals surface area contributed by atoms with Crippen LogP contribution in [-0.4, -0.2) is 42.1 Å². The molecule has 31 heavy (non-hydrogen) atoms. The lowest BCUT2D eigenvalue weighted by Crippen LogP contribution is -2.33. The number of aromatic nitrogens is 1. The van der Waals surface area contributed by atoms with Gasteiger partial charge in [-0.1, -0.05) is 17.7 Å². The van der Waals surface area contributed by atoms with Crippen LogP contribution in [0.1, 0.15) is 18.2 Å². The zero-order valence-electron chi connectivity index (χ0n) is 17.8. The van der Waals surface area contributed by atoms with E-state index in [0.717, 1.165) is 16.1 Å². The molecule has 0 bridgehead atoms. The van der Waals surface area contributed by atoms with Gasteiger partial charge in [0.15, 0.2) is 11.5 Å². The van der Waals surface area contributed by atoms with E-state index < -0.39 is 6.04 Å². The van der Waals surface area contributed by atoms with Crippen molar-refractivity contribution >= 4 is 29.0 Å². The van der Waals surface area contributed by atoms with Crippen molar-refractivity contribution in [2.24, 2.45) is 0 Å². The SMILES string of the molecule is COc1ccc(-c2nc(CN3C(=O)C(C)N(c4ccc(C)cc4)C3=O)cs2)cc1OC. The van der Waals surface area contributed by atoms with E-state index in [1.807, 2.05) is 54.8 Å². The number of amides is 3. The first kappa shape index (κ1) is 20.9. The highest BCUT2D eigenvalue weighted by molar-refractivity contribution is 7.13. The van der Waals surface area contributed by atoms with Crippen molar-refractivity contribution in [2.75, 3.05) is 19.1 Å². The normalized spacial score (nSPS) is 16.2. The smallest absolute Gasteiger partial charge is 0.332 e. The molecule has 1 fully saturated rings. The molecule has 1 aliphatic rings. The van der Waals surface area contributed by atoms with Gasteiger partial charge in [-0.3, -0.25) is 14.6 Å². The second-order valence-corrected chi connectivity index (χ2v) is 8.16. The topological polar surface area (TPSA) is 72.0 Å². The molecule has 1 aliphatic heterocycles. The van der Waals surface area contributed by atoms with Gasteiger partial charge in [-0.25, -0.2) is 9.78 Å². The van der Waals surface area contributed by atoms with Crippen LogP contribution in [0.4, 0.5) is 10.5 Å². The molecule has 1 unspecified atom stereocenters. The van der Waals surface area contributed by atoms with Crippen LogP contribution in [-0.2, 0) is 11.3 Å². The fraction of sp³-hybridized carbons (Fsp3) is 0.261. The number of rotatable bonds is 6. The molecule has 1 saturated heterocycles. The van der Waals surface area contributed by atoms with Gasteiger partial charge in [0.1, 0.15) is 11.0 Å². The van der Waals surface area contributed by atoms with E-state index in [9.17, 15) is 9.59 Å². The van der Waals surface area contributed by atoms with Gasteiger partial charge in [0.25, 0.3) is 5.91 Å². The van der Waals surface area contributed by atoms with Crippen molar-refractivity contribution < 1.29 is 19.1 Å². The van der Waals surface area contributed by atoms with Crippen molar-refractivity contribution in [3.63, 3.8) is 0 Å². The number of methoxy groups -OCH3 is 2. The largest absolute Gasteiger partial charge is 0.493 e. The van der Waals surface area contributed by atoms with Gasteiger partial charge in [-0.15, -0.1) is 11.3 Å². The summed E-state index contributed by atoms with van der Waals surface area (Å²) in [5.41, 5.74) is 3.34. The third kappa shape index (κ3) is 3.86. The summed E-state index contributed by atoms with van der Waals surface area (Å²) in [4.78, 5) is 33.3. The summed E-state index contributed by atoms with van der Waals surface area (Å²) in [6.45, 7) is 3.86. The Morgan fingerprint density at radius 3 is 2.42 bits per heavy atom. The molecule has 0 N–H and O–H groups in total. The molecule has 4 rings (SSSR count). The van der Waals surface area contributed by atoms with Crippen molar-refractivity contribution in [2.45, 2.75) is 26.4 Å². The van der Waals surface area contributed by atoms with Gasteiger partial charge in [-0.05, 0) is 44.2 Å². The van der Waals surface area contributed by atoms with E-state index in [1.54, 1.807) is 21.1 Å². The molecule has 7 nitrogen and oxygen atoms in total. The lowest BCUT2D eigenvalue weighted by molar-refractivity contribution is -0.127. The minimum atomic E-state index is -0.556. The van der Waals surface area contributed by atoms with E-state index >= 15 is 0 Å². The number of nitrogens with zero attached hydrogens (tertiary/aromatic N) is 3.